The number of anilines is 2. The van der Waals surface area contributed by atoms with Gasteiger partial charge in [0, 0.05) is 89.3 Å². The first kappa shape index (κ1) is 42.6. The molecule has 2 aromatic carbocycles. The Labute approximate surface area is 331 Å². The Balaban J connectivity index is 0.000000224. The predicted molar refractivity (Wildman–Crippen MR) is 216 cm³/mol. The van der Waals surface area contributed by atoms with Crippen molar-refractivity contribution in [3.8, 4) is 0 Å². The van der Waals surface area contributed by atoms with Crippen LogP contribution in [-0.2, 0) is 13.1 Å². The Bertz CT molecular complexity index is 2040. The number of nitrogens with zero attached hydrogens (tertiary/aromatic N) is 6. The highest BCUT2D eigenvalue weighted by atomic mass is 35.5. The van der Waals surface area contributed by atoms with E-state index in [0.717, 1.165) is 62.1 Å². The molecular formula is C34H40Cl2F2N6O6S3. The van der Waals surface area contributed by atoms with Gasteiger partial charge in [-0.3, -0.25) is 9.59 Å². The average molecular weight is 834 g/mol. The first-order valence-corrected chi connectivity index (χ1v) is 18.3. The van der Waals surface area contributed by atoms with Crippen molar-refractivity contribution in [2.75, 3.05) is 87.8 Å². The average Bonchev–Trinajstić information content (AvgIpc) is 3.09. The first-order chi connectivity index (χ1) is 23.9. The highest BCUT2D eigenvalue weighted by Gasteiger charge is 2.30. The van der Waals surface area contributed by atoms with Gasteiger partial charge in [0.05, 0.1) is 43.0 Å². The monoisotopic (exact) mass is 832 g/mol. The van der Waals surface area contributed by atoms with E-state index in [2.05, 4.69) is 9.80 Å². The molecule has 0 atom stereocenters. The SMILES string of the molecule is CN1CCN(c2c(F)cc3c(=O)c(C(=O)O)cn4c3c2SCC4)CC1.CN1CCN(c2c(F)cc3c(=O)c(C(=O)O)cn4c3c2SCC4)CC1.Cl.Cl.S. The number of hydrogen-bond donors (Lipinski definition) is 2. The molecule has 0 spiro atoms. The molecule has 8 rings (SSSR count). The number of thioether (sulfide) groups is 2. The Morgan fingerprint density at radius 3 is 1.28 bits per heavy atom. The Kier molecular flexibility index (Phi) is 13.7. The summed E-state index contributed by atoms with van der Waals surface area (Å²) in [5.74, 6) is -2.03. The highest BCUT2D eigenvalue weighted by molar-refractivity contribution is 8.00. The zero-order valence-corrected chi connectivity index (χ0v) is 33.2. The van der Waals surface area contributed by atoms with Gasteiger partial charge in [0.2, 0.25) is 10.9 Å². The maximum absolute atomic E-state index is 15.0. The summed E-state index contributed by atoms with van der Waals surface area (Å²) in [7, 11) is 4.08. The molecule has 2 fully saturated rings. The van der Waals surface area contributed by atoms with Gasteiger partial charge in [-0.05, 0) is 26.2 Å². The predicted octanol–water partition coefficient (Wildman–Crippen LogP) is 4.35. The number of carboxylic acid groups (broad SMARTS) is 2. The maximum atomic E-state index is 15.0. The standard InChI is InChI=1S/2C17H18FN3O3S.2ClH.H2S/c2*1-19-2-4-20(5-3-19)14-12(18)8-10-13-16(14)25-7-6-21(13)9-11(15(10)22)17(23)24;;;/h2*8-9H,2-7H2,1H3,(H,23,24);2*1H;1H2. The van der Waals surface area contributed by atoms with Gasteiger partial charge < -0.3 is 38.9 Å². The third kappa shape index (κ3) is 7.84. The summed E-state index contributed by atoms with van der Waals surface area (Å²) in [5.41, 5.74) is 0.540. The Hall–Kier alpha value is -3.19. The zero-order valence-electron chi connectivity index (χ0n) is 28.9. The molecule has 4 aliphatic rings. The second-order valence-electron chi connectivity index (χ2n) is 12.9. The van der Waals surface area contributed by atoms with Gasteiger partial charge in [0.15, 0.2) is 0 Å². The molecule has 2 aromatic heterocycles. The van der Waals surface area contributed by atoms with E-state index in [1.807, 2.05) is 23.9 Å². The number of piperazine rings is 2. The van der Waals surface area contributed by atoms with E-state index in [1.54, 1.807) is 9.13 Å². The molecule has 0 bridgehead atoms. The van der Waals surface area contributed by atoms with Crippen LogP contribution in [0.25, 0.3) is 21.8 Å². The molecule has 4 aliphatic heterocycles. The van der Waals surface area contributed by atoms with Gasteiger partial charge in [0.1, 0.15) is 22.8 Å². The van der Waals surface area contributed by atoms with Crippen molar-refractivity contribution in [1.29, 1.82) is 0 Å². The lowest BCUT2D eigenvalue weighted by Crippen LogP contribution is -2.45. The summed E-state index contributed by atoms with van der Waals surface area (Å²) in [4.78, 5) is 57.7. The quantitative estimate of drug-likeness (QED) is 0.303. The van der Waals surface area contributed by atoms with E-state index in [-0.39, 0.29) is 60.2 Å². The molecule has 0 aliphatic carbocycles. The molecular weight excluding hydrogens is 794 g/mol. The van der Waals surface area contributed by atoms with Gasteiger partial charge in [-0.15, -0.1) is 48.3 Å². The summed E-state index contributed by atoms with van der Waals surface area (Å²) in [6.45, 7) is 7.52. The molecule has 2 saturated heterocycles. The van der Waals surface area contributed by atoms with E-state index in [0.29, 0.717) is 47.0 Å². The molecule has 0 amide bonds. The normalized spacial score (nSPS) is 16.9. The largest absolute Gasteiger partial charge is 0.477 e. The number of aryl methyl sites for hydroxylation is 2. The highest BCUT2D eigenvalue weighted by Crippen LogP contribution is 2.42. The number of hydrogen-bond acceptors (Lipinski definition) is 10. The van der Waals surface area contributed by atoms with Crippen LogP contribution in [0, 0.1) is 11.6 Å². The van der Waals surface area contributed by atoms with Crippen LogP contribution in [0.2, 0.25) is 0 Å². The smallest absolute Gasteiger partial charge is 0.341 e. The summed E-state index contributed by atoms with van der Waals surface area (Å²) in [6.07, 6.45) is 2.78. The van der Waals surface area contributed by atoms with Crippen LogP contribution in [0.4, 0.5) is 20.2 Å². The zero-order chi connectivity index (χ0) is 35.4. The minimum Gasteiger partial charge on any atom is -0.477 e. The summed E-state index contributed by atoms with van der Waals surface area (Å²) >= 11 is 3.07. The van der Waals surface area contributed by atoms with Crippen molar-refractivity contribution in [3.05, 3.63) is 67.7 Å². The van der Waals surface area contributed by atoms with Gasteiger partial charge in [-0.25, -0.2) is 18.4 Å². The molecule has 12 nitrogen and oxygen atoms in total. The number of carbonyl (C=O) groups is 2. The van der Waals surface area contributed by atoms with Crippen LogP contribution < -0.4 is 20.7 Å². The third-order valence-electron chi connectivity index (χ3n) is 9.74. The number of pyridine rings is 2. The van der Waals surface area contributed by atoms with E-state index >= 15 is 0 Å². The Morgan fingerprint density at radius 1 is 0.623 bits per heavy atom. The number of carboxylic acids is 2. The van der Waals surface area contributed by atoms with Gasteiger partial charge in [-0.1, -0.05) is 0 Å². The molecule has 2 N–H and O–H groups in total. The van der Waals surface area contributed by atoms with E-state index in [4.69, 9.17) is 0 Å². The first-order valence-electron chi connectivity index (χ1n) is 16.3. The van der Waals surface area contributed by atoms with Crippen molar-refractivity contribution in [1.82, 2.24) is 18.9 Å². The lowest BCUT2D eigenvalue weighted by molar-refractivity contribution is 0.0684. The third-order valence-corrected chi connectivity index (χ3v) is 11.9. The minimum absolute atomic E-state index is 0. The van der Waals surface area contributed by atoms with E-state index in [1.165, 1.54) is 48.1 Å². The van der Waals surface area contributed by atoms with Crippen LogP contribution in [0.5, 0.6) is 0 Å². The minimum atomic E-state index is -1.28. The fourth-order valence-corrected chi connectivity index (χ4v) is 9.49. The van der Waals surface area contributed by atoms with Gasteiger partial charge in [0.25, 0.3) is 0 Å². The van der Waals surface area contributed by atoms with Crippen LogP contribution >= 0.6 is 61.8 Å². The fourth-order valence-electron chi connectivity index (χ4n) is 7.05. The summed E-state index contributed by atoms with van der Waals surface area (Å²) in [6, 6.07) is 2.42. The van der Waals surface area contributed by atoms with Crippen molar-refractivity contribution < 1.29 is 28.6 Å². The second-order valence-corrected chi connectivity index (χ2v) is 15.1. The van der Waals surface area contributed by atoms with Crippen molar-refractivity contribution in [2.24, 2.45) is 0 Å². The number of likely N-dealkylation sites (N-methyl/N-ethyl adjacent to an activating group) is 2. The lowest BCUT2D eigenvalue weighted by Gasteiger charge is -2.36. The van der Waals surface area contributed by atoms with Gasteiger partial charge >= 0.3 is 11.9 Å². The molecule has 288 valence electrons. The van der Waals surface area contributed by atoms with Crippen molar-refractivity contribution in [2.45, 2.75) is 22.9 Å². The molecule has 0 saturated carbocycles. The van der Waals surface area contributed by atoms with Crippen LogP contribution in [0.3, 0.4) is 0 Å². The Morgan fingerprint density at radius 2 is 0.962 bits per heavy atom. The lowest BCUT2D eigenvalue weighted by atomic mass is 10.1. The molecule has 19 heteroatoms. The van der Waals surface area contributed by atoms with E-state index in [9.17, 15) is 38.2 Å². The van der Waals surface area contributed by atoms with Crippen molar-refractivity contribution in [3.63, 3.8) is 0 Å². The van der Waals surface area contributed by atoms with Crippen LogP contribution in [0.1, 0.15) is 20.7 Å². The summed E-state index contributed by atoms with van der Waals surface area (Å²) < 4.78 is 33.5. The molecule has 4 aromatic rings. The number of aromatic nitrogens is 2. The fraction of sp³-hybridized carbons (Fsp3) is 0.412. The van der Waals surface area contributed by atoms with Crippen LogP contribution in [-0.4, -0.2) is 119 Å². The summed E-state index contributed by atoms with van der Waals surface area (Å²) in [5, 5.41) is 18.8. The number of rotatable bonds is 4. The van der Waals surface area contributed by atoms with Crippen molar-refractivity contribution >= 4 is 107 Å². The maximum Gasteiger partial charge on any atom is 0.341 e. The van der Waals surface area contributed by atoms with Gasteiger partial charge in [-0.2, -0.15) is 13.5 Å². The second kappa shape index (κ2) is 17.1. The molecule has 0 radical (unpaired) electrons. The number of aromatic carboxylic acids is 2. The number of benzene rings is 2. The topological polar surface area (TPSA) is 132 Å². The van der Waals surface area contributed by atoms with E-state index < -0.39 is 34.4 Å². The molecule has 0 unspecified atom stereocenters. The van der Waals surface area contributed by atoms with Crippen LogP contribution in [0.15, 0.2) is 43.9 Å². The molecule has 6 heterocycles. The molecule has 53 heavy (non-hydrogen) atoms. The number of halogens is 4.